The zero-order valence-electron chi connectivity index (χ0n) is 7.16. The summed E-state index contributed by atoms with van der Waals surface area (Å²) in [4.78, 5) is 11.1. The minimum atomic E-state index is -0.299. The van der Waals surface area contributed by atoms with Crippen LogP contribution in [0.5, 0.6) is 0 Å². The van der Waals surface area contributed by atoms with Gasteiger partial charge in [0.15, 0.2) is 0 Å². The molecule has 0 saturated carbocycles. The van der Waals surface area contributed by atoms with Crippen LogP contribution in [-0.2, 0) is 6.54 Å². The highest BCUT2D eigenvalue weighted by Crippen LogP contribution is 2.04. The fourth-order valence-corrected chi connectivity index (χ4v) is 0.981. The number of aryl methyl sites for hydroxylation is 2. The average molecular weight is 168 g/mol. The lowest BCUT2D eigenvalue weighted by molar-refractivity contribution is 0.0953. The van der Waals surface area contributed by atoms with Gasteiger partial charge in [-0.15, -0.1) is 0 Å². The number of aromatic nitrogens is 2. The van der Waals surface area contributed by atoms with Crippen LogP contribution in [0.1, 0.15) is 23.0 Å². The van der Waals surface area contributed by atoms with Crippen LogP contribution in [-0.4, -0.2) is 15.7 Å². The van der Waals surface area contributed by atoms with Crippen molar-refractivity contribution in [3.05, 3.63) is 17.5 Å². The third-order valence-corrected chi connectivity index (χ3v) is 1.65. The lowest BCUT2D eigenvalue weighted by atomic mass is 10.2. The molecule has 5 nitrogen and oxygen atoms in total. The van der Waals surface area contributed by atoms with Gasteiger partial charge in [-0.2, -0.15) is 5.10 Å². The summed E-state index contributed by atoms with van der Waals surface area (Å²) in [5.41, 5.74) is 3.29. The first-order chi connectivity index (χ1) is 5.69. The largest absolute Gasteiger partial charge is 0.290 e. The van der Waals surface area contributed by atoms with Crippen LogP contribution >= 0.6 is 0 Å². The first-order valence-electron chi connectivity index (χ1n) is 3.74. The van der Waals surface area contributed by atoms with E-state index in [9.17, 15) is 4.79 Å². The van der Waals surface area contributed by atoms with Gasteiger partial charge in [0.25, 0.3) is 5.91 Å². The van der Waals surface area contributed by atoms with Crippen molar-refractivity contribution in [1.82, 2.24) is 15.2 Å². The summed E-state index contributed by atoms with van der Waals surface area (Å²) in [5.74, 6) is 4.69. The third kappa shape index (κ3) is 1.45. The standard InChI is InChI=1S/C7H12N4O/c1-3-11-4-6(5(2)10-11)7(12)9-8/h4H,3,8H2,1-2H3,(H,9,12). The summed E-state index contributed by atoms with van der Waals surface area (Å²) in [5, 5.41) is 4.10. The van der Waals surface area contributed by atoms with Gasteiger partial charge in [-0.1, -0.05) is 0 Å². The molecule has 66 valence electrons. The highest BCUT2D eigenvalue weighted by atomic mass is 16.2. The predicted octanol–water partition coefficient (Wildman–Crippen LogP) is -0.185. The number of hydrogen-bond donors (Lipinski definition) is 2. The molecular formula is C7H12N4O. The second kappa shape index (κ2) is 3.36. The van der Waals surface area contributed by atoms with Crippen LogP contribution in [0.2, 0.25) is 0 Å². The van der Waals surface area contributed by atoms with E-state index in [2.05, 4.69) is 10.5 Å². The monoisotopic (exact) mass is 168 g/mol. The van der Waals surface area contributed by atoms with Gasteiger partial charge >= 0.3 is 0 Å². The molecule has 0 bridgehead atoms. The Balaban J connectivity index is 2.99. The van der Waals surface area contributed by atoms with Gasteiger partial charge in [0.2, 0.25) is 0 Å². The Hall–Kier alpha value is -1.36. The zero-order valence-corrected chi connectivity index (χ0v) is 7.16. The van der Waals surface area contributed by atoms with E-state index >= 15 is 0 Å². The smallest absolute Gasteiger partial charge is 0.268 e. The second-order valence-electron chi connectivity index (χ2n) is 2.46. The highest BCUT2D eigenvalue weighted by molar-refractivity contribution is 5.94. The van der Waals surface area contributed by atoms with Crippen LogP contribution in [0, 0.1) is 6.92 Å². The molecule has 3 N–H and O–H groups in total. The molecule has 0 radical (unpaired) electrons. The quantitative estimate of drug-likeness (QED) is 0.365. The maximum Gasteiger partial charge on any atom is 0.268 e. The van der Waals surface area contributed by atoms with Crippen molar-refractivity contribution < 1.29 is 4.79 Å². The van der Waals surface area contributed by atoms with E-state index in [-0.39, 0.29) is 5.91 Å². The molecular weight excluding hydrogens is 156 g/mol. The molecule has 0 aliphatic carbocycles. The number of nitrogens with two attached hydrogens (primary N) is 1. The molecule has 0 unspecified atom stereocenters. The van der Waals surface area contributed by atoms with Gasteiger partial charge in [0.1, 0.15) is 0 Å². The van der Waals surface area contributed by atoms with Crippen LogP contribution < -0.4 is 11.3 Å². The van der Waals surface area contributed by atoms with Crippen LogP contribution in [0.4, 0.5) is 0 Å². The fourth-order valence-electron chi connectivity index (χ4n) is 0.981. The molecule has 1 aromatic rings. The second-order valence-corrected chi connectivity index (χ2v) is 2.46. The summed E-state index contributed by atoms with van der Waals surface area (Å²) in [6.07, 6.45) is 1.68. The summed E-state index contributed by atoms with van der Waals surface area (Å²) in [6, 6.07) is 0. The summed E-state index contributed by atoms with van der Waals surface area (Å²) in [7, 11) is 0. The van der Waals surface area contributed by atoms with Crippen LogP contribution in [0.25, 0.3) is 0 Å². The highest BCUT2D eigenvalue weighted by Gasteiger charge is 2.10. The molecule has 1 amide bonds. The minimum absolute atomic E-state index is 0.299. The van der Waals surface area contributed by atoms with Gasteiger partial charge in [0, 0.05) is 12.7 Å². The van der Waals surface area contributed by atoms with Crippen molar-refractivity contribution in [2.24, 2.45) is 5.84 Å². The Morgan fingerprint density at radius 2 is 2.50 bits per heavy atom. The molecule has 0 aliphatic rings. The molecule has 1 aromatic heterocycles. The number of nitrogens with one attached hydrogen (secondary N) is 1. The Morgan fingerprint density at radius 1 is 1.83 bits per heavy atom. The van der Waals surface area contributed by atoms with Gasteiger partial charge < -0.3 is 0 Å². The Kier molecular flexibility index (Phi) is 2.44. The molecule has 0 aliphatic heterocycles. The van der Waals surface area contributed by atoms with Crippen LogP contribution in [0.3, 0.4) is 0 Å². The van der Waals surface area contributed by atoms with E-state index in [0.29, 0.717) is 11.3 Å². The van der Waals surface area contributed by atoms with Gasteiger partial charge in [-0.3, -0.25) is 14.9 Å². The number of carbonyl (C=O) groups is 1. The Labute approximate surface area is 70.5 Å². The van der Waals surface area contributed by atoms with E-state index in [1.807, 2.05) is 6.92 Å². The molecule has 1 rings (SSSR count). The first-order valence-corrected chi connectivity index (χ1v) is 3.74. The summed E-state index contributed by atoms with van der Waals surface area (Å²) >= 11 is 0. The van der Waals surface area contributed by atoms with E-state index < -0.39 is 0 Å². The van der Waals surface area contributed by atoms with E-state index in [1.54, 1.807) is 17.8 Å². The van der Waals surface area contributed by atoms with E-state index in [4.69, 9.17) is 5.84 Å². The summed E-state index contributed by atoms with van der Waals surface area (Å²) in [6.45, 7) is 4.48. The lowest BCUT2D eigenvalue weighted by Gasteiger charge is -1.93. The van der Waals surface area contributed by atoms with E-state index in [0.717, 1.165) is 6.54 Å². The number of nitrogens with zero attached hydrogens (tertiary/aromatic N) is 2. The molecule has 0 spiro atoms. The SMILES string of the molecule is CCn1cc(C(=O)NN)c(C)n1. The zero-order chi connectivity index (χ0) is 9.14. The van der Waals surface area contributed by atoms with Crippen LogP contribution in [0.15, 0.2) is 6.20 Å². The normalized spacial score (nSPS) is 9.92. The number of hydrazine groups is 1. The average Bonchev–Trinajstić information content (AvgIpc) is 2.45. The molecule has 12 heavy (non-hydrogen) atoms. The van der Waals surface area contributed by atoms with Crippen molar-refractivity contribution >= 4 is 5.91 Å². The number of nitrogen functional groups attached to an aromatic ring is 1. The molecule has 1 heterocycles. The minimum Gasteiger partial charge on any atom is -0.290 e. The van der Waals surface area contributed by atoms with Crippen molar-refractivity contribution in [3.63, 3.8) is 0 Å². The lowest BCUT2D eigenvalue weighted by Crippen LogP contribution is -2.30. The van der Waals surface area contributed by atoms with Crippen molar-refractivity contribution in [3.8, 4) is 0 Å². The molecule has 0 fully saturated rings. The molecule has 0 saturated heterocycles. The Morgan fingerprint density at radius 3 is 2.92 bits per heavy atom. The predicted molar refractivity (Wildman–Crippen MR) is 44.3 cm³/mol. The van der Waals surface area contributed by atoms with Gasteiger partial charge in [-0.25, -0.2) is 5.84 Å². The van der Waals surface area contributed by atoms with E-state index in [1.165, 1.54) is 0 Å². The number of rotatable bonds is 2. The molecule has 0 aromatic carbocycles. The van der Waals surface area contributed by atoms with Crippen molar-refractivity contribution in [2.75, 3.05) is 0 Å². The third-order valence-electron chi connectivity index (χ3n) is 1.65. The van der Waals surface area contributed by atoms with Crippen molar-refractivity contribution in [1.29, 1.82) is 0 Å². The Bertz CT molecular complexity index is 292. The summed E-state index contributed by atoms with van der Waals surface area (Å²) < 4.78 is 1.69. The fraction of sp³-hybridized carbons (Fsp3) is 0.429. The number of amides is 1. The molecule has 5 heteroatoms. The maximum atomic E-state index is 11.1. The maximum absolute atomic E-state index is 11.1. The topological polar surface area (TPSA) is 72.9 Å². The molecule has 0 atom stereocenters. The van der Waals surface area contributed by atoms with Gasteiger partial charge in [0.05, 0.1) is 11.3 Å². The van der Waals surface area contributed by atoms with Crippen molar-refractivity contribution in [2.45, 2.75) is 20.4 Å². The van der Waals surface area contributed by atoms with Gasteiger partial charge in [-0.05, 0) is 13.8 Å². The first kappa shape index (κ1) is 8.73. The number of hydrogen-bond acceptors (Lipinski definition) is 3. The number of carbonyl (C=O) groups excluding carboxylic acids is 1.